The number of benzene rings is 5. The summed E-state index contributed by atoms with van der Waals surface area (Å²) in [6.45, 7) is 0. The van der Waals surface area contributed by atoms with Gasteiger partial charge >= 0.3 is 0 Å². The first-order valence-electron chi connectivity index (χ1n) is 11.8. The van der Waals surface area contributed by atoms with Crippen LogP contribution in [-0.4, -0.2) is 8.42 Å². The van der Waals surface area contributed by atoms with Crippen LogP contribution in [0, 0.1) is 0 Å². The molecule has 0 saturated heterocycles. The molecule has 0 aromatic heterocycles. The van der Waals surface area contributed by atoms with Crippen molar-refractivity contribution in [1.82, 2.24) is 0 Å². The average molecular weight is 473 g/mol. The molecule has 0 fully saturated rings. The molecule has 0 N–H and O–H groups in total. The number of fused-ring (bicyclic) bond motifs is 3. The summed E-state index contributed by atoms with van der Waals surface area (Å²) in [7, 11) is -3.71. The van der Waals surface area contributed by atoms with Gasteiger partial charge in [0, 0.05) is 5.92 Å². The average Bonchev–Trinajstić information content (AvgIpc) is 2.93. The Kier molecular flexibility index (Phi) is 5.35. The Bertz CT molecular complexity index is 1580. The van der Waals surface area contributed by atoms with Crippen LogP contribution >= 0.6 is 0 Å². The van der Waals surface area contributed by atoms with E-state index in [9.17, 15) is 8.42 Å². The first kappa shape index (κ1) is 21.6. The summed E-state index contributed by atoms with van der Waals surface area (Å²) in [5.41, 5.74) is 7.14. The third-order valence-corrected chi connectivity index (χ3v) is 9.05. The van der Waals surface area contributed by atoms with Gasteiger partial charge in [0.2, 0.25) is 0 Å². The number of sulfone groups is 1. The molecular weight excluding hydrogens is 448 g/mol. The largest absolute Gasteiger partial charge is 0.223 e. The van der Waals surface area contributed by atoms with Gasteiger partial charge in [-0.25, -0.2) is 8.42 Å². The van der Waals surface area contributed by atoms with Crippen LogP contribution in [0.15, 0.2) is 138 Å². The second kappa shape index (κ2) is 8.68. The van der Waals surface area contributed by atoms with Crippen molar-refractivity contribution in [3.63, 3.8) is 0 Å². The van der Waals surface area contributed by atoms with Crippen LogP contribution in [0.4, 0.5) is 0 Å². The van der Waals surface area contributed by atoms with Crippen molar-refractivity contribution in [2.45, 2.75) is 16.1 Å². The molecule has 35 heavy (non-hydrogen) atoms. The van der Waals surface area contributed by atoms with E-state index in [0.717, 1.165) is 38.9 Å². The zero-order chi connectivity index (χ0) is 23.8. The van der Waals surface area contributed by atoms with Crippen molar-refractivity contribution in [1.29, 1.82) is 0 Å². The lowest BCUT2D eigenvalue weighted by Crippen LogP contribution is -2.27. The number of hydrogen-bond acceptors (Lipinski definition) is 2. The molecule has 3 heteroatoms. The first-order chi connectivity index (χ1) is 17.2. The number of hydrogen-bond donors (Lipinski definition) is 0. The fourth-order valence-electron chi connectivity index (χ4n) is 5.43. The molecule has 6 rings (SSSR count). The highest BCUT2D eigenvalue weighted by Gasteiger charge is 2.44. The first-order valence-corrected chi connectivity index (χ1v) is 13.3. The molecule has 5 aromatic carbocycles. The fourth-order valence-corrected chi connectivity index (χ4v) is 7.45. The number of rotatable bonds is 4. The Morgan fingerprint density at radius 1 is 0.486 bits per heavy atom. The quantitative estimate of drug-likeness (QED) is 0.269. The maximum Gasteiger partial charge on any atom is 0.186 e. The van der Waals surface area contributed by atoms with E-state index in [0.29, 0.717) is 4.90 Å². The van der Waals surface area contributed by atoms with E-state index >= 15 is 0 Å². The molecule has 0 bridgehead atoms. The van der Waals surface area contributed by atoms with E-state index < -0.39 is 15.1 Å². The summed E-state index contributed by atoms with van der Waals surface area (Å²) in [4.78, 5) is 0.348. The minimum Gasteiger partial charge on any atom is -0.223 e. The van der Waals surface area contributed by atoms with E-state index in [4.69, 9.17) is 0 Å². The van der Waals surface area contributed by atoms with Crippen LogP contribution in [-0.2, 0) is 9.84 Å². The smallest absolute Gasteiger partial charge is 0.186 e. The second-order valence-electron chi connectivity index (χ2n) is 8.89. The molecule has 2 atom stereocenters. The summed E-state index contributed by atoms with van der Waals surface area (Å²) >= 11 is 0. The molecule has 0 unspecified atom stereocenters. The predicted octanol–water partition coefficient (Wildman–Crippen LogP) is 7.68. The van der Waals surface area contributed by atoms with Crippen molar-refractivity contribution < 1.29 is 8.42 Å². The van der Waals surface area contributed by atoms with Gasteiger partial charge in [0.05, 0.1) is 4.90 Å². The Hall–Kier alpha value is -3.95. The van der Waals surface area contributed by atoms with Gasteiger partial charge in [-0.2, -0.15) is 0 Å². The van der Waals surface area contributed by atoms with Gasteiger partial charge in [-0.1, -0.05) is 121 Å². The zero-order valence-electron chi connectivity index (χ0n) is 19.1. The Balaban J connectivity index is 1.72. The van der Waals surface area contributed by atoms with Crippen LogP contribution in [0.3, 0.4) is 0 Å². The summed E-state index contributed by atoms with van der Waals surface area (Å²) in [6.07, 6.45) is 0. The molecule has 170 valence electrons. The van der Waals surface area contributed by atoms with Crippen molar-refractivity contribution in [2.75, 3.05) is 0 Å². The molecule has 1 aliphatic carbocycles. The lowest BCUT2D eigenvalue weighted by molar-refractivity contribution is 0.570. The Morgan fingerprint density at radius 2 is 1.03 bits per heavy atom. The van der Waals surface area contributed by atoms with Gasteiger partial charge < -0.3 is 0 Å². The van der Waals surface area contributed by atoms with Crippen molar-refractivity contribution in [3.8, 4) is 22.3 Å². The van der Waals surface area contributed by atoms with Crippen LogP contribution in [0.1, 0.15) is 27.9 Å². The van der Waals surface area contributed by atoms with Crippen molar-refractivity contribution in [2.24, 2.45) is 0 Å². The zero-order valence-corrected chi connectivity index (χ0v) is 19.9. The van der Waals surface area contributed by atoms with Gasteiger partial charge in [0.1, 0.15) is 5.25 Å². The molecular formula is C32H24O2S. The van der Waals surface area contributed by atoms with E-state index in [-0.39, 0.29) is 5.92 Å². The molecule has 2 nitrogen and oxygen atoms in total. The van der Waals surface area contributed by atoms with E-state index in [1.807, 2.05) is 60.7 Å². The van der Waals surface area contributed by atoms with E-state index in [2.05, 4.69) is 48.5 Å². The SMILES string of the molecule is O=S(=O)(c1ccccc1)[C@@H]1c2ccccc2-c2cccc(-c3ccccc3)c2[C@H]1c1ccccc1. The summed E-state index contributed by atoms with van der Waals surface area (Å²) in [6, 6.07) is 43.5. The highest BCUT2D eigenvalue weighted by Crippen LogP contribution is 2.55. The van der Waals surface area contributed by atoms with E-state index in [1.165, 1.54) is 0 Å². The fraction of sp³-hybridized carbons (Fsp3) is 0.0625. The summed E-state index contributed by atoms with van der Waals surface area (Å²) in [5, 5.41) is -0.749. The molecule has 0 saturated carbocycles. The minimum atomic E-state index is -3.71. The third-order valence-electron chi connectivity index (χ3n) is 6.93. The normalized spacial score (nSPS) is 16.8. The molecule has 0 amide bonds. The predicted molar refractivity (Wildman–Crippen MR) is 142 cm³/mol. The highest BCUT2D eigenvalue weighted by molar-refractivity contribution is 7.91. The summed E-state index contributed by atoms with van der Waals surface area (Å²) in [5.74, 6) is -0.359. The minimum absolute atomic E-state index is 0.348. The molecule has 1 aliphatic rings. The van der Waals surface area contributed by atoms with Crippen LogP contribution in [0.25, 0.3) is 22.3 Å². The van der Waals surface area contributed by atoms with Crippen LogP contribution in [0.5, 0.6) is 0 Å². The van der Waals surface area contributed by atoms with Crippen molar-refractivity contribution >= 4 is 9.84 Å². The molecule has 0 spiro atoms. The van der Waals surface area contributed by atoms with Crippen molar-refractivity contribution in [3.05, 3.63) is 150 Å². The molecule has 5 aromatic rings. The van der Waals surface area contributed by atoms with Gasteiger partial charge in [-0.15, -0.1) is 0 Å². The van der Waals surface area contributed by atoms with Crippen LogP contribution < -0.4 is 0 Å². The lowest BCUT2D eigenvalue weighted by Gasteiger charge is -2.37. The highest BCUT2D eigenvalue weighted by atomic mass is 32.2. The Morgan fingerprint density at radius 3 is 1.74 bits per heavy atom. The molecule has 0 heterocycles. The van der Waals surface area contributed by atoms with Gasteiger partial charge in [0.25, 0.3) is 0 Å². The monoisotopic (exact) mass is 472 g/mol. The summed E-state index contributed by atoms with van der Waals surface area (Å²) < 4.78 is 28.8. The van der Waals surface area contributed by atoms with Crippen LogP contribution in [0.2, 0.25) is 0 Å². The lowest BCUT2D eigenvalue weighted by atomic mass is 9.72. The molecule has 0 aliphatic heterocycles. The molecule has 0 radical (unpaired) electrons. The maximum atomic E-state index is 14.4. The van der Waals surface area contributed by atoms with Gasteiger partial charge in [-0.05, 0) is 51.1 Å². The second-order valence-corrected chi connectivity index (χ2v) is 11.0. The standard InChI is InChI=1S/C32H24O2S/c33-35(34,25-17-8-3-9-18-25)32-29-20-11-10-19-27(29)28-22-12-21-26(23-13-4-1-5-14-23)31(28)30(32)24-15-6-2-7-16-24/h1-22,30,32H/t30-,32-/m1/s1. The third kappa shape index (κ3) is 3.60. The van der Waals surface area contributed by atoms with Gasteiger partial charge in [-0.3, -0.25) is 0 Å². The van der Waals surface area contributed by atoms with Gasteiger partial charge in [0.15, 0.2) is 9.84 Å². The maximum absolute atomic E-state index is 14.4. The Labute approximate surface area is 206 Å². The van der Waals surface area contributed by atoms with E-state index in [1.54, 1.807) is 24.3 Å². The topological polar surface area (TPSA) is 34.1 Å².